The molecule has 170 valence electrons. The second-order valence-electron chi connectivity index (χ2n) is 7.78. The van der Waals surface area contributed by atoms with E-state index in [4.69, 9.17) is 4.74 Å². The fourth-order valence-electron chi connectivity index (χ4n) is 3.91. The molecule has 0 saturated heterocycles. The molecule has 34 heavy (non-hydrogen) atoms. The molecule has 0 aliphatic heterocycles. The van der Waals surface area contributed by atoms with Crippen molar-refractivity contribution in [2.24, 2.45) is 17.3 Å². The number of thiazole rings is 1. The highest BCUT2D eigenvalue weighted by atomic mass is 32.1. The topological polar surface area (TPSA) is 81.1 Å². The smallest absolute Gasteiger partial charge is 0.261 e. The van der Waals surface area contributed by atoms with Gasteiger partial charge in [-0.3, -0.25) is 9.36 Å². The lowest BCUT2D eigenvalue weighted by Crippen LogP contribution is -2.22. The SMILES string of the molecule is COc1ccc(Cn2c(O)c(/C=N\N=c3sc4ccccc4n3C)c3ccccc3c2=O)cc1. The number of ether oxygens (including phenoxy) is 1. The van der Waals surface area contributed by atoms with Crippen LogP contribution in [0.25, 0.3) is 21.0 Å². The summed E-state index contributed by atoms with van der Waals surface area (Å²) in [5.41, 5.74) is 2.10. The molecule has 5 aromatic rings. The van der Waals surface area contributed by atoms with Crippen LogP contribution in [-0.4, -0.2) is 27.6 Å². The maximum atomic E-state index is 13.2. The highest BCUT2D eigenvalue weighted by Gasteiger charge is 2.15. The van der Waals surface area contributed by atoms with E-state index in [0.29, 0.717) is 16.3 Å². The standard InChI is InChI=1S/C26H22N4O3S/c1-29-22-9-5-6-10-23(22)34-26(29)28-27-15-21-19-7-3-4-8-20(19)24(31)30(25(21)32)16-17-11-13-18(33-2)14-12-17/h3-15,32H,16H2,1-2H3/b27-15-,28-26?. The van der Waals surface area contributed by atoms with Gasteiger partial charge in [-0.25, -0.2) is 0 Å². The molecule has 1 N–H and O–H groups in total. The van der Waals surface area contributed by atoms with Crippen molar-refractivity contribution in [2.75, 3.05) is 7.11 Å². The van der Waals surface area contributed by atoms with E-state index < -0.39 is 0 Å². The summed E-state index contributed by atoms with van der Waals surface area (Å²) < 4.78 is 9.64. The van der Waals surface area contributed by atoms with Crippen LogP contribution >= 0.6 is 11.3 Å². The minimum atomic E-state index is -0.270. The molecule has 0 aliphatic carbocycles. The second kappa shape index (κ2) is 8.99. The van der Waals surface area contributed by atoms with E-state index in [9.17, 15) is 9.90 Å². The molecule has 2 heterocycles. The molecule has 3 aromatic carbocycles. The number of methoxy groups -OCH3 is 1. The molecule has 0 spiro atoms. The van der Waals surface area contributed by atoms with Crippen LogP contribution in [0.3, 0.4) is 0 Å². The number of aryl methyl sites for hydroxylation is 1. The zero-order chi connectivity index (χ0) is 23.7. The number of fused-ring (bicyclic) bond motifs is 2. The Morgan fingerprint density at radius 2 is 1.71 bits per heavy atom. The largest absolute Gasteiger partial charge is 0.497 e. The average molecular weight is 471 g/mol. The Hall–Kier alpha value is -4.17. The van der Waals surface area contributed by atoms with Gasteiger partial charge in [0.25, 0.3) is 5.56 Å². The first-order valence-corrected chi connectivity index (χ1v) is 11.5. The van der Waals surface area contributed by atoms with E-state index in [-0.39, 0.29) is 18.0 Å². The molecule has 2 aromatic heterocycles. The van der Waals surface area contributed by atoms with Crippen molar-refractivity contribution in [1.82, 2.24) is 9.13 Å². The molecule has 0 atom stereocenters. The summed E-state index contributed by atoms with van der Waals surface area (Å²) in [5, 5.41) is 20.9. The van der Waals surface area contributed by atoms with Crippen LogP contribution in [0.1, 0.15) is 11.1 Å². The normalized spacial score (nSPS) is 12.2. The number of hydrogen-bond acceptors (Lipinski definition) is 6. The van der Waals surface area contributed by atoms with Crippen molar-refractivity contribution in [2.45, 2.75) is 6.54 Å². The zero-order valence-electron chi connectivity index (χ0n) is 18.7. The van der Waals surface area contributed by atoms with Crippen LogP contribution in [0.2, 0.25) is 0 Å². The van der Waals surface area contributed by atoms with Crippen LogP contribution in [0, 0.1) is 0 Å². The van der Waals surface area contributed by atoms with Crippen molar-refractivity contribution in [1.29, 1.82) is 0 Å². The van der Waals surface area contributed by atoms with Gasteiger partial charge in [-0.2, -0.15) is 5.10 Å². The first kappa shape index (κ1) is 21.7. The Morgan fingerprint density at radius 1 is 1.00 bits per heavy atom. The monoisotopic (exact) mass is 470 g/mol. The van der Waals surface area contributed by atoms with Crippen molar-refractivity contribution >= 4 is 38.5 Å². The minimum Gasteiger partial charge on any atom is -0.497 e. The van der Waals surface area contributed by atoms with Crippen LogP contribution in [0.4, 0.5) is 0 Å². The van der Waals surface area contributed by atoms with E-state index in [2.05, 4.69) is 10.2 Å². The number of hydrogen-bond donors (Lipinski definition) is 1. The van der Waals surface area contributed by atoms with Gasteiger partial charge in [0, 0.05) is 17.8 Å². The molecule has 0 amide bonds. The lowest BCUT2D eigenvalue weighted by Gasteiger charge is -2.13. The first-order chi connectivity index (χ1) is 16.6. The highest BCUT2D eigenvalue weighted by molar-refractivity contribution is 7.16. The quantitative estimate of drug-likeness (QED) is 0.308. The minimum absolute atomic E-state index is 0.154. The molecular weight excluding hydrogens is 448 g/mol. The van der Waals surface area contributed by atoms with Gasteiger partial charge in [0.15, 0.2) is 0 Å². The first-order valence-electron chi connectivity index (χ1n) is 10.7. The maximum absolute atomic E-state index is 13.2. The lowest BCUT2D eigenvalue weighted by atomic mass is 10.1. The third kappa shape index (κ3) is 3.88. The molecule has 0 aliphatic rings. The Bertz CT molecular complexity index is 1660. The predicted molar refractivity (Wildman–Crippen MR) is 136 cm³/mol. The van der Waals surface area contributed by atoms with Crippen LogP contribution in [-0.2, 0) is 13.6 Å². The number of aromatic hydroxyl groups is 1. The number of aromatic nitrogens is 2. The Balaban J connectivity index is 1.61. The van der Waals surface area contributed by atoms with Crippen molar-refractivity contribution in [3.05, 3.63) is 99.1 Å². The third-order valence-corrected chi connectivity index (χ3v) is 6.84. The van der Waals surface area contributed by atoms with E-state index in [0.717, 1.165) is 26.3 Å². The summed E-state index contributed by atoms with van der Waals surface area (Å²) in [5.74, 6) is 0.571. The molecule has 7 nitrogen and oxygen atoms in total. The number of benzene rings is 3. The van der Waals surface area contributed by atoms with E-state index in [1.807, 2.05) is 66.2 Å². The van der Waals surface area contributed by atoms with Crippen LogP contribution in [0.15, 0.2) is 87.8 Å². The zero-order valence-corrected chi connectivity index (χ0v) is 19.5. The number of rotatable bonds is 5. The highest BCUT2D eigenvalue weighted by Crippen LogP contribution is 2.24. The molecule has 0 saturated carbocycles. The molecule has 8 heteroatoms. The number of para-hydroxylation sites is 1. The van der Waals surface area contributed by atoms with Gasteiger partial charge >= 0.3 is 0 Å². The van der Waals surface area contributed by atoms with Gasteiger partial charge in [-0.1, -0.05) is 53.8 Å². The molecule has 0 radical (unpaired) electrons. The summed E-state index contributed by atoms with van der Waals surface area (Å²) in [6.07, 6.45) is 1.51. The summed E-state index contributed by atoms with van der Waals surface area (Å²) >= 11 is 1.53. The summed E-state index contributed by atoms with van der Waals surface area (Å²) in [4.78, 5) is 13.9. The number of pyridine rings is 1. The average Bonchev–Trinajstić information content (AvgIpc) is 3.19. The van der Waals surface area contributed by atoms with Gasteiger partial charge in [-0.05, 0) is 35.9 Å². The molecule has 0 bridgehead atoms. The summed E-state index contributed by atoms with van der Waals surface area (Å²) in [6, 6.07) is 22.6. The van der Waals surface area contributed by atoms with E-state index in [1.165, 1.54) is 22.1 Å². The molecule has 0 fully saturated rings. The summed E-state index contributed by atoms with van der Waals surface area (Å²) in [7, 11) is 3.54. The van der Waals surface area contributed by atoms with Gasteiger partial charge in [0.2, 0.25) is 10.7 Å². The van der Waals surface area contributed by atoms with E-state index in [1.54, 1.807) is 25.3 Å². The maximum Gasteiger partial charge on any atom is 0.261 e. The fourth-order valence-corrected chi connectivity index (χ4v) is 4.89. The second-order valence-corrected chi connectivity index (χ2v) is 8.79. The molecule has 5 rings (SSSR count). The Morgan fingerprint density at radius 3 is 2.44 bits per heavy atom. The van der Waals surface area contributed by atoms with Gasteiger partial charge in [0.1, 0.15) is 5.75 Å². The van der Waals surface area contributed by atoms with Crippen molar-refractivity contribution in [3.8, 4) is 11.6 Å². The van der Waals surface area contributed by atoms with Crippen LogP contribution in [0.5, 0.6) is 11.6 Å². The molecular formula is C26H22N4O3S. The number of nitrogens with zero attached hydrogens (tertiary/aromatic N) is 4. The predicted octanol–water partition coefficient (Wildman–Crippen LogP) is 4.25. The Kier molecular flexibility index (Phi) is 5.73. The van der Waals surface area contributed by atoms with Gasteiger partial charge < -0.3 is 14.4 Å². The summed E-state index contributed by atoms with van der Waals surface area (Å²) in [6.45, 7) is 0.211. The third-order valence-electron chi connectivity index (χ3n) is 5.73. The van der Waals surface area contributed by atoms with Crippen molar-refractivity contribution in [3.63, 3.8) is 0 Å². The fraction of sp³-hybridized carbons (Fsp3) is 0.115. The van der Waals surface area contributed by atoms with E-state index >= 15 is 0 Å². The molecule has 0 unspecified atom stereocenters. The van der Waals surface area contributed by atoms with Crippen molar-refractivity contribution < 1.29 is 9.84 Å². The van der Waals surface area contributed by atoms with Gasteiger partial charge in [-0.15, -0.1) is 5.10 Å². The lowest BCUT2D eigenvalue weighted by molar-refractivity contribution is 0.412. The van der Waals surface area contributed by atoms with Crippen LogP contribution < -0.4 is 15.1 Å². The Labute approximate surface area is 199 Å². The van der Waals surface area contributed by atoms with Gasteiger partial charge in [0.05, 0.1) is 35.6 Å².